The number of esters is 1. The van der Waals surface area contributed by atoms with Gasteiger partial charge in [-0.25, -0.2) is 9.59 Å². The van der Waals surface area contributed by atoms with E-state index in [-0.39, 0.29) is 23.9 Å². The van der Waals surface area contributed by atoms with E-state index >= 15 is 0 Å². The van der Waals surface area contributed by atoms with Crippen LogP contribution in [0.1, 0.15) is 18.5 Å². The number of hydrogen-bond acceptors (Lipinski definition) is 6. The van der Waals surface area contributed by atoms with Crippen LogP contribution in [0.5, 0.6) is 11.5 Å². The number of urea groups is 1. The molecule has 1 atom stereocenters. The largest absolute Gasteiger partial charge is 0.504 e. The molecule has 1 aliphatic rings. The molecule has 8 heteroatoms. The van der Waals surface area contributed by atoms with Gasteiger partial charge in [0.25, 0.3) is 0 Å². The fraction of sp³-hybridized carbons (Fsp3) is 0.333. The number of ether oxygens (including phenoxy) is 3. The number of nitrogens with one attached hydrogen (secondary N) is 2. The molecule has 1 unspecified atom stereocenters. The molecule has 2 amide bonds. The molecular weight excluding hydrogens is 304 g/mol. The van der Waals surface area contributed by atoms with Crippen molar-refractivity contribution in [2.75, 3.05) is 21.0 Å². The molecule has 2 rings (SSSR count). The molecule has 1 aromatic carbocycles. The molecule has 0 aromatic heterocycles. The Morgan fingerprint density at radius 1 is 1.35 bits per heavy atom. The number of phenols is 1. The number of carbonyl (C=O) groups excluding carboxylic acids is 2. The smallest absolute Gasteiger partial charge is 0.340 e. The summed E-state index contributed by atoms with van der Waals surface area (Å²) in [5, 5.41) is 15.1. The Labute approximate surface area is 133 Å². The third kappa shape index (κ3) is 3.37. The summed E-state index contributed by atoms with van der Waals surface area (Å²) in [6.07, 6.45) is 0. The predicted octanol–water partition coefficient (Wildman–Crippen LogP) is 1.18. The van der Waals surface area contributed by atoms with Crippen LogP contribution in [-0.4, -0.2) is 38.1 Å². The number of methoxy groups -OCH3 is 2. The Balaban J connectivity index is 2.49. The summed E-state index contributed by atoms with van der Waals surface area (Å²) in [5.74, 6) is -0.572. The van der Waals surface area contributed by atoms with E-state index in [1.807, 2.05) is 0 Å². The van der Waals surface area contributed by atoms with E-state index in [9.17, 15) is 14.7 Å². The number of aromatic hydroxyl groups is 1. The van der Waals surface area contributed by atoms with Crippen LogP contribution in [0.2, 0.25) is 0 Å². The number of para-hydroxylation sites is 1. The molecule has 0 aliphatic carbocycles. The highest BCUT2D eigenvalue weighted by Crippen LogP contribution is 2.38. The monoisotopic (exact) mass is 322 g/mol. The van der Waals surface area contributed by atoms with Crippen molar-refractivity contribution < 1.29 is 28.9 Å². The van der Waals surface area contributed by atoms with Crippen molar-refractivity contribution in [2.24, 2.45) is 0 Å². The summed E-state index contributed by atoms with van der Waals surface area (Å²) in [6.45, 7) is 1.37. The highest BCUT2D eigenvalue weighted by molar-refractivity contribution is 5.95. The van der Waals surface area contributed by atoms with Crippen LogP contribution in [0.25, 0.3) is 0 Å². The zero-order chi connectivity index (χ0) is 17.0. The van der Waals surface area contributed by atoms with Crippen LogP contribution in [0, 0.1) is 0 Å². The molecule has 0 saturated carbocycles. The maximum atomic E-state index is 12.3. The first-order valence-corrected chi connectivity index (χ1v) is 6.79. The molecule has 1 aliphatic heterocycles. The lowest BCUT2D eigenvalue weighted by molar-refractivity contribution is -0.149. The van der Waals surface area contributed by atoms with Crippen molar-refractivity contribution in [3.63, 3.8) is 0 Å². The second-order valence-corrected chi connectivity index (χ2v) is 4.81. The van der Waals surface area contributed by atoms with Crippen LogP contribution < -0.4 is 15.4 Å². The number of hydrogen-bond donors (Lipinski definition) is 3. The maximum absolute atomic E-state index is 12.3. The van der Waals surface area contributed by atoms with Gasteiger partial charge in [0.1, 0.15) is 0 Å². The number of phenolic OH excluding ortho intramolecular Hbond substituents is 1. The van der Waals surface area contributed by atoms with Crippen molar-refractivity contribution >= 4 is 12.0 Å². The minimum atomic E-state index is -0.824. The first kappa shape index (κ1) is 16.6. The lowest BCUT2D eigenvalue weighted by Crippen LogP contribution is -2.45. The van der Waals surface area contributed by atoms with E-state index in [4.69, 9.17) is 14.2 Å². The number of rotatable bonds is 5. The standard InChI is InChI=1S/C15H18N2O6/c1-8-11(14(19)23-7-21-2)12(17-15(20)16-8)9-5-4-6-10(18)13(9)22-3/h4-6,12,18H,7H2,1-3H3,(H2,16,17,20). The normalized spacial score (nSPS) is 17.3. The Morgan fingerprint density at radius 3 is 2.74 bits per heavy atom. The predicted molar refractivity (Wildman–Crippen MR) is 79.7 cm³/mol. The van der Waals surface area contributed by atoms with Gasteiger partial charge in [-0.05, 0) is 13.0 Å². The Bertz CT molecular complexity index is 655. The fourth-order valence-electron chi connectivity index (χ4n) is 2.38. The Kier molecular flexibility index (Phi) is 5.07. The van der Waals surface area contributed by atoms with Crippen molar-refractivity contribution in [1.82, 2.24) is 10.6 Å². The summed E-state index contributed by atoms with van der Waals surface area (Å²) in [7, 11) is 2.78. The van der Waals surface area contributed by atoms with Gasteiger partial charge in [-0.2, -0.15) is 0 Å². The van der Waals surface area contributed by atoms with Gasteiger partial charge in [0, 0.05) is 18.4 Å². The second kappa shape index (κ2) is 7.01. The summed E-state index contributed by atoms with van der Waals surface area (Å²) < 4.78 is 14.9. The molecular formula is C15H18N2O6. The lowest BCUT2D eigenvalue weighted by Gasteiger charge is -2.29. The quantitative estimate of drug-likeness (QED) is 0.555. The first-order chi connectivity index (χ1) is 11.0. The third-order valence-electron chi connectivity index (χ3n) is 3.34. The average molecular weight is 322 g/mol. The third-order valence-corrected chi connectivity index (χ3v) is 3.34. The number of carbonyl (C=O) groups is 2. The van der Waals surface area contributed by atoms with Crippen molar-refractivity contribution in [1.29, 1.82) is 0 Å². The zero-order valence-corrected chi connectivity index (χ0v) is 13.0. The van der Waals surface area contributed by atoms with E-state index in [1.165, 1.54) is 20.3 Å². The number of benzene rings is 1. The summed E-state index contributed by atoms with van der Waals surface area (Å²) in [6, 6.07) is 3.39. The SMILES string of the molecule is COCOC(=O)C1=C(C)NC(=O)NC1c1cccc(O)c1OC. The molecule has 0 bridgehead atoms. The van der Waals surface area contributed by atoms with Gasteiger partial charge in [-0.1, -0.05) is 12.1 Å². The van der Waals surface area contributed by atoms with Crippen molar-refractivity contribution in [3.05, 3.63) is 35.0 Å². The van der Waals surface area contributed by atoms with E-state index in [0.717, 1.165) is 0 Å². The molecule has 8 nitrogen and oxygen atoms in total. The van der Waals surface area contributed by atoms with Gasteiger partial charge in [0.15, 0.2) is 18.3 Å². The Morgan fingerprint density at radius 2 is 2.09 bits per heavy atom. The first-order valence-electron chi connectivity index (χ1n) is 6.79. The summed E-state index contributed by atoms with van der Waals surface area (Å²) in [5.41, 5.74) is 0.988. The summed E-state index contributed by atoms with van der Waals surface area (Å²) >= 11 is 0. The molecule has 0 radical (unpaired) electrons. The van der Waals surface area contributed by atoms with Gasteiger partial charge in [-0.15, -0.1) is 0 Å². The molecule has 1 aromatic rings. The molecule has 0 spiro atoms. The topological polar surface area (TPSA) is 106 Å². The molecule has 3 N–H and O–H groups in total. The fourth-order valence-corrected chi connectivity index (χ4v) is 2.38. The van der Waals surface area contributed by atoms with Gasteiger partial charge < -0.3 is 30.0 Å². The highest BCUT2D eigenvalue weighted by Gasteiger charge is 2.34. The number of amides is 2. The maximum Gasteiger partial charge on any atom is 0.340 e. The van der Waals surface area contributed by atoms with Crippen LogP contribution in [0.4, 0.5) is 4.79 Å². The molecule has 0 fully saturated rings. The van der Waals surface area contributed by atoms with E-state index in [1.54, 1.807) is 19.1 Å². The number of allylic oxidation sites excluding steroid dienone is 1. The van der Waals surface area contributed by atoms with E-state index in [0.29, 0.717) is 11.3 Å². The van der Waals surface area contributed by atoms with Crippen LogP contribution >= 0.6 is 0 Å². The van der Waals surface area contributed by atoms with E-state index < -0.39 is 18.0 Å². The second-order valence-electron chi connectivity index (χ2n) is 4.81. The van der Waals surface area contributed by atoms with Crippen LogP contribution in [0.3, 0.4) is 0 Å². The minimum Gasteiger partial charge on any atom is -0.504 e. The lowest BCUT2D eigenvalue weighted by atomic mass is 9.94. The van der Waals surface area contributed by atoms with Gasteiger partial charge in [0.2, 0.25) is 0 Å². The zero-order valence-electron chi connectivity index (χ0n) is 13.0. The summed E-state index contributed by atoms with van der Waals surface area (Å²) in [4.78, 5) is 24.1. The Hall–Kier alpha value is -2.74. The molecule has 23 heavy (non-hydrogen) atoms. The average Bonchev–Trinajstić information content (AvgIpc) is 2.51. The van der Waals surface area contributed by atoms with Gasteiger partial charge in [-0.3, -0.25) is 0 Å². The molecule has 0 saturated heterocycles. The van der Waals surface area contributed by atoms with E-state index in [2.05, 4.69) is 10.6 Å². The van der Waals surface area contributed by atoms with Gasteiger partial charge in [0.05, 0.1) is 18.7 Å². The molecule has 124 valence electrons. The minimum absolute atomic E-state index is 0.0972. The van der Waals surface area contributed by atoms with Crippen molar-refractivity contribution in [3.8, 4) is 11.5 Å². The van der Waals surface area contributed by atoms with Gasteiger partial charge >= 0.3 is 12.0 Å². The van der Waals surface area contributed by atoms with Crippen LogP contribution in [-0.2, 0) is 14.3 Å². The van der Waals surface area contributed by atoms with Crippen LogP contribution in [0.15, 0.2) is 29.5 Å². The molecule has 1 heterocycles. The van der Waals surface area contributed by atoms with Crippen molar-refractivity contribution in [2.45, 2.75) is 13.0 Å². The highest BCUT2D eigenvalue weighted by atomic mass is 16.7.